The number of fused-ring (bicyclic) bond motifs is 1. The molecule has 2 N–H and O–H groups in total. The fourth-order valence-electron chi connectivity index (χ4n) is 2.75. The van der Waals surface area contributed by atoms with Crippen LogP contribution in [-0.2, 0) is 0 Å². The highest BCUT2D eigenvalue weighted by Gasteiger charge is 2.28. The normalized spacial score (nSPS) is 21.8. The van der Waals surface area contributed by atoms with E-state index in [4.69, 9.17) is 0 Å². The van der Waals surface area contributed by atoms with E-state index in [2.05, 4.69) is 40.2 Å². The van der Waals surface area contributed by atoms with E-state index >= 15 is 0 Å². The minimum atomic E-state index is -0.102. The molecule has 1 aliphatic carbocycles. The molecule has 5 nitrogen and oxygen atoms in total. The lowest BCUT2D eigenvalue weighted by molar-refractivity contribution is 0.0464. The zero-order chi connectivity index (χ0) is 14.3. The molecule has 3 rings (SSSR count). The molecule has 0 atom stereocenters. The number of aryl methyl sites for hydroxylation is 1. The molecule has 1 fully saturated rings. The number of rotatable bonds is 4. The lowest BCUT2D eigenvalue weighted by Crippen LogP contribution is -2.37. The molecule has 2 aromatic heterocycles. The van der Waals surface area contributed by atoms with Crippen LogP contribution < -0.4 is 10.2 Å². The first kappa shape index (κ1) is 13.6. The average Bonchev–Trinajstić information content (AvgIpc) is 2.75. The van der Waals surface area contributed by atoms with E-state index in [9.17, 15) is 5.11 Å². The molecule has 1 saturated carbocycles. The van der Waals surface area contributed by atoms with E-state index in [-0.39, 0.29) is 6.10 Å². The molecular formula is C14H20N4OS. The number of thiophene rings is 1. The third-order valence-corrected chi connectivity index (χ3v) is 4.77. The lowest BCUT2D eigenvalue weighted by Gasteiger charge is -2.35. The van der Waals surface area contributed by atoms with Crippen molar-refractivity contribution in [2.45, 2.75) is 25.9 Å². The van der Waals surface area contributed by atoms with Crippen LogP contribution in [0.25, 0.3) is 10.2 Å². The smallest absolute Gasteiger partial charge is 0.225 e. The van der Waals surface area contributed by atoms with Crippen molar-refractivity contribution >= 4 is 33.3 Å². The Kier molecular flexibility index (Phi) is 3.52. The molecule has 0 unspecified atom stereocenters. The number of aliphatic hydroxyl groups is 1. The maximum Gasteiger partial charge on any atom is 0.225 e. The van der Waals surface area contributed by atoms with Gasteiger partial charge in [0.1, 0.15) is 10.6 Å². The van der Waals surface area contributed by atoms with E-state index in [1.165, 1.54) is 4.88 Å². The topological polar surface area (TPSA) is 61.3 Å². The van der Waals surface area contributed by atoms with Gasteiger partial charge in [-0.25, -0.2) is 4.98 Å². The molecule has 1 aliphatic rings. The maximum absolute atomic E-state index is 9.41. The first-order valence-electron chi connectivity index (χ1n) is 6.92. The molecule has 0 aliphatic heterocycles. The molecule has 0 saturated heterocycles. The largest absolute Gasteiger partial charge is 0.393 e. The number of aromatic nitrogens is 2. The van der Waals surface area contributed by atoms with Crippen LogP contribution in [0.2, 0.25) is 0 Å². The van der Waals surface area contributed by atoms with Crippen molar-refractivity contribution in [3.05, 3.63) is 10.9 Å². The molecule has 20 heavy (non-hydrogen) atoms. The quantitative estimate of drug-likeness (QED) is 0.905. The number of aliphatic hydroxyl groups excluding tert-OH is 1. The van der Waals surface area contributed by atoms with Crippen molar-refractivity contribution in [3.63, 3.8) is 0 Å². The van der Waals surface area contributed by atoms with Crippen molar-refractivity contribution < 1.29 is 5.11 Å². The fraction of sp³-hybridized carbons (Fsp3) is 0.571. The Bertz CT molecular complexity index is 621. The summed E-state index contributed by atoms with van der Waals surface area (Å²) in [5.74, 6) is 2.21. The van der Waals surface area contributed by atoms with E-state index in [0.29, 0.717) is 11.9 Å². The first-order chi connectivity index (χ1) is 9.56. The molecule has 6 heteroatoms. The van der Waals surface area contributed by atoms with Gasteiger partial charge >= 0.3 is 0 Å². The molecule has 108 valence electrons. The summed E-state index contributed by atoms with van der Waals surface area (Å²) in [5.41, 5.74) is 0. The molecule has 0 bridgehead atoms. The molecule has 2 heterocycles. The average molecular weight is 292 g/mol. The molecule has 0 aromatic carbocycles. The van der Waals surface area contributed by atoms with E-state index in [0.717, 1.165) is 35.4 Å². The van der Waals surface area contributed by atoms with Gasteiger partial charge in [-0.3, -0.25) is 0 Å². The highest BCUT2D eigenvalue weighted by Crippen LogP contribution is 2.33. The van der Waals surface area contributed by atoms with E-state index in [1.807, 2.05) is 7.05 Å². The van der Waals surface area contributed by atoms with Crippen molar-refractivity contribution in [1.29, 1.82) is 0 Å². The second-order valence-electron chi connectivity index (χ2n) is 5.57. The van der Waals surface area contributed by atoms with Crippen LogP contribution in [0.15, 0.2) is 6.07 Å². The second kappa shape index (κ2) is 5.18. The summed E-state index contributed by atoms with van der Waals surface area (Å²) in [6.07, 6.45) is 1.70. The number of anilines is 2. The van der Waals surface area contributed by atoms with E-state index in [1.54, 1.807) is 11.3 Å². The van der Waals surface area contributed by atoms with E-state index < -0.39 is 0 Å². The summed E-state index contributed by atoms with van der Waals surface area (Å²) in [5, 5.41) is 13.6. The highest BCUT2D eigenvalue weighted by molar-refractivity contribution is 7.18. The second-order valence-corrected chi connectivity index (χ2v) is 6.80. The molecule has 2 aromatic rings. The fourth-order valence-corrected chi connectivity index (χ4v) is 3.63. The number of nitrogens with one attached hydrogen (secondary N) is 1. The highest BCUT2D eigenvalue weighted by atomic mass is 32.1. The van der Waals surface area contributed by atoms with Gasteiger partial charge in [0.25, 0.3) is 0 Å². The predicted molar refractivity (Wildman–Crippen MR) is 83.7 cm³/mol. The van der Waals surface area contributed by atoms with Crippen molar-refractivity contribution in [2.75, 3.05) is 30.9 Å². The summed E-state index contributed by atoms with van der Waals surface area (Å²) < 4.78 is 0. The first-order valence-corrected chi connectivity index (χ1v) is 7.73. The zero-order valence-corrected chi connectivity index (χ0v) is 12.9. The zero-order valence-electron chi connectivity index (χ0n) is 12.1. The summed E-state index contributed by atoms with van der Waals surface area (Å²) in [7, 11) is 3.91. The van der Waals surface area contributed by atoms with Gasteiger partial charge < -0.3 is 15.3 Å². The molecule has 0 amide bonds. The van der Waals surface area contributed by atoms with Gasteiger partial charge in [-0.2, -0.15) is 4.98 Å². The van der Waals surface area contributed by atoms with Crippen LogP contribution >= 0.6 is 11.3 Å². The summed E-state index contributed by atoms with van der Waals surface area (Å²) >= 11 is 1.69. The van der Waals surface area contributed by atoms with Gasteiger partial charge in [0, 0.05) is 25.5 Å². The summed E-state index contributed by atoms with van der Waals surface area (Å²) in [4.78, 5) is 13.6. The van der Waals surface area contributed by atoms with Gasteiger partial charge in [0.05, 0.1) is 11.5 Å². The van der Waals surface area contributed by atoms with Gasteiger partial charge in [-0.05, 0) is 31.7 Å². The SMILES string of the molecule is CNc1nc(N(C)CC2CC(O)C2)c2cc(C)sc2n1. The number of hydrogen-bond donors (Lipinski definition) is 2. The van der Waals surface area contributed by atoms with Crippen LogP contribution in [0.5, 0.6) is 0 Å². The van der Waals surface area contributed by atoms with Gasteiger partial charge in [-0.15, -0.1) is 11.3 Å². The monoisotopic (exact) mass is 292 g/mol. The Morgan fingerprint density at radius 3 is 2.85 bits per heavy atom. The number of hydrogen-bond acceptors (Lipinski definition) is 6. The number of nitrogens with zero attached hydrogens (tertiary/aromatic N) is 3. The maximum atomic E-state index is 9.41. The Morgan fingerprint density at radius 1 is 1.45 bits per heavy atom. The van der Waals surface area contributed by atoms with Crippen molar-refractivity contribution in [2.24, 2.45) is 5.92 Å². The van der Waals surface area contributed by atoms with Crippen molar-refractivity contribution in [3.8, 4) is 0 Å². The van der Waals surface area contributed by atoms with Crippen molar-refractivity contribution in [1.82, 2.24) is 9.97 Å². The van der Waals surface area contributed by atoms with Gasteiger partial charge in [0.2, 0.25) is 5.95 Å². The lowest BCUT2D eigenvalue weighted by atomic mass is 9.82. The Labute approximate surface area is 122 Å². The van der Waals surface area contributed by atoms with Crippen LogP contribution in [0.3, 0.4) is 0 Å². The molecular weight excluding hydrogens is 272 g/mol. The Balaban J connectivity index is 1.91. The third-order valence-electron chi connectivity index (χ3n) is 3.82. The third kappa shape index (κ3) is 2.45. The van der Waals surface area contributed by atoms with Crippen LogP contribution in [0.4, 0.5) is 11.8 Å². The molecule has 0 spiro atoms. The van der Waals surface area contributed by atoms with Crippen LogP contribution in [-0.4, -0.2) is 41.8 Å². The Morgan fingerprint density at radius 2 is 2.20 bits per heavy atom. The molecule has 0 radical (unpaired) electrons. The summed E-state index contributed by atoms with van der Waals surface area (Å²) in [6, 6.07) is 2.15. The van der Waals surface area contributed by atoms with Crippen LogP contribution in [0.1, 0.15) is 17.7 Å². The van der Waals surface area contributed by atoms with Gasteiger partial charge in [-0.1, -0.05) is 0 Å². The minimum Gasteiger partial charge on any atom is -0.393 e. The predicted octanol–water partition coefficient (Wildman–Crippen LogP) is 2.25. The minimum absolute atomic E-state index is 0.102. The summed E-state index contributed by atoms with van der Waals surface area (Å²) in [6.45, 7) is 3.03. The van der Waals surface area contributed by atoms with Gasteiger partial charge in [0.15, 0.2) is 0 Å². The van der Waals surface area contributed by atoms with Crippen LogP contribution in [0, 0.1) is 12.8 Å². The Hall–Kier alpha value is -1.40. The standard InChI is InChI=1S/C14H20N4OS/c1-8-4-11-12(16-14(15-2)17-13(11)20-8)18(3)7-9-5-10(19)6-9/h4,9-10,19H,5-7H2,1-3H3,(H,15,16,17).